The smallest absolute Gasteiger partial charge is 0.416 e. The van der Waals surface area contributed by atoms with Crippen molar-refractivity contribution in [2.75, 3.05) is 0 Å². The number of hydrogen-bond donors (Lipinski definition) is 2. The summed E-state index contributed by atoms with van der Waals surface area (Å²) in [5.74, 6) is -1.77. The summed E-state index contributed by atoms with van der Waals surface area (Å²) in [5, 5.41) is 11.2. The van der Waals surface area contributed by atoms with E-state index in [0.29, 0.717) is 6.42 Å². The van der Waals surface area contributed by atoms with E-state index in [-0.39, 0.29) is 18.4 Å². The second kappa shape index (κ2) is 7.10. The van der Waals surface area contributed by atoms with E-state index < -0.39 is 29.7 Å². The van der Waals surface area contributed by atoms with Gasteiger partial charge in [-0.05, 0) is 18.1 Å². The average molecular weight is 303 g/mol. The molecule has 0 saturated carbocycles. The Kier molecular flexibility index (Phi) is 5.75. The number of carbonyl (C=O) groups is 2. The number of alkyl halides is 3. The van der Waals surface area contributed by atoms with Crippen LogP contribution < -0.4 is 5.32 Å². The third-order valence-corrected chi connectivity index (χ3v) is 2.83. The van der Waals surface area contributed by atoms with Crippen LogP contribution in [-0.4, -0.2) is 23.0 Å². The number of halogens is 3. The standard InChI is InChI=1S/C14H16F3NO3/c1-2-4-11(13(20)21)18-12(19)8-9-5-3-6-10(7-9)14(15,16)17/h3,5-7,11H,2,4,8H2,1H3,(H,18,19)(H,20,21). The number of benzene rings is 1. The zero-order valence-electron chi connectivity index (χ0n) is 11.4. The maximum atomic E-state index is 12.5. The third-order valence-electron chi connectivity index (χ3n) is 2.83. The summed E-state index contributed by atoms with van der Waals surface area (Å²) < 4.78 is 37.6. The molecule has 21 heavy (non-hydrogen) atoms. The summed E-state index contributed by atoms with van der Waals surface area (Å²) in [6, 6.07) is 3.39. The van der Waals surface area contributed by atoms with Gasteiger partial charge in [-0.1, -0.05) is 31.5 Å². The van der Waals surface area contributed by atoms with Crippen LogP contribution in [0.15, 0.2) is 24.3 Å². The van der Waals surface area contributed by atoms with Crippen molar-refractivity contribution < 1.29 is 27.9 Å². The first-order valence-electron chi connectivity index (χ1n) is 6.42. The maximum Gasteiger partial charge on any atom is 0.416 e. The Morgan fingerprint density at radius 1 is 1.33 bits per heavy atom. The predicted molar refractivity (Wildman–Crippen MR) is 69.6 cm³/mol. The van der Waals surface area contributed by atoms with Gasteiger partial charge in [0.25, 0.3) is 0 Å². The number of rotatable bonds is 6. The van der Waals surface area contributed by atoms with Crippen molar-refractivity contribution in [2.24, 2.45) is 0 Å². The van der Waals surface area contributed by atoms with Crippen molar-refractivity contribution in [1.29, 1.82) is 0 Å². The molecule has 0 aliphatic carbocycles. The Hall–Kier alpha value is -2.05. The summed E-state index contributed by atoms with van der Waals surface area (Å²) in [4.78, 5) is 22.6. The van der Waals surface area contributed by atoms with Gasteiger partial charge in [0.05, 0.1) is 12.0 Å². The summed E-state index contributed by atoms with van der Waals surface area (Å²) in [6.07, 6.45) is -3.93. The highest BCUT2D eigenvalue weighted by molar-refractivity contribution is 5.84. The van der Waals surface area contributed by atoms with Gasteiger partial charge in [-0.2, -0.15) is 13.2 Å². The molecule has 1 aromatic rings. The molecule has 1 rings (SSSR count). The first-order chi connectivity index (χ1) is 9.74. The van der Waals surface area contributed by atoms with Crippen molar-refractivity contribution in [3.8, 4) is 0 Å². The van der Waals surface area contributed by atoms with Gasteiger partial charge < -0.3 is 10.4 Å². The number of aliphatic carboxylic acids is 1. The van der Waals surface area contributed by atoms with E-state index >= 15 is 0 Å². The summed E-state index contributed by atoms with van der Waals surface area (Å²) in [7, 11) is 0. The monoisotopic (exact) mass is 303 g/mol. The Morgan fingerprint density at radius 2 is 2.00 bits per heavy atom. The predicted octanol–water partition coefficient (Wildman–Crippen LogP) is 2.62. The lowest BCUT2D eigenvalue weighted by molar-refractivity contribution is -0.141. The minimum atomic E-state index is -4.47. The molecule has 1 aromatic carbocycles. The number of hydrogen-bond acceptors (Lipinski definition) is 2. The Morgan fingerprint density at radius 3 is 2.52 bits per heavy atom. The lowest BCUT2D eigenvalue weighted by Crippen LogP contribution is -2.41. The molecule has 0 saturated heterocycles. The number of amides is 1. The molecule has 1 atom stereocenters. The van der Waals surface area contributed by atoms with Crippen LogP contribution in [-0.2, 0) is 22.2 Å². The molecule has 1 unspecified atom stereocenters. The number of carbonyl (C=O) groups excluding carboxylic acids is 1. The normalized spacial score (nSPS) is 12.8. The third kappa shape index (κ3) is 5.45. The fraction of sp³-hybridized carbons (Fsp3) is 0.429. The van der Waals surface area contributed by atoms with E-state index in [1.807, 2.05) is 0 Å². The molecule has 0 fully saturated rings. The Balaban J connectivity index is 2.73. The van der Waals surface area contributed by atoms with Gasteiger partial charge in [0.1, 0.15) is 6.04 Å². The highest BCUT2D eigenvalue weighted by Gasteiger charge is 2.30. The molecule has 0 aromatic heterocycles. The van der Waals surface area contributed by atoms with Crippen LogP contribution in [0.1, 0.15) is 30.9 Å². The average Bonchev–Trinajstić information content (AvgIpc) is 2.37. The van der Waals surface area contributed by atoms with Crippen LogP contribution in [0.25, 0.3) is 0 Å². The molecular weight excluding hydrogens is 287 g/mol. The summed E-state index contributed by atoms with van der Waals surface area (Å²) in [5.41, 5.74) is -0.654. The van der Waals surface area contributed by atoms with E-state index in [1.165, 1.54) is 12.1 Å². The van der Waals surface area contributed by atoms with Crippen molar-refractivity contribution in [3.05, 3.63) is 35.4 Å². The zero-order valence-corrected chi connectivity index (χ0v) is 11.4. The van der Waals surface area contributed by atoms with E-state index in [2.05, 4.69) is 5.32 Å². The fourth-order valence-corrected chi connectivity index (χ4v) is 1.83. The highest BCUT2D eigenvalue weighted by Crippen LogP contribution is 2.29. The lowest BCUT2D eigenvalue weighted by atomic mass is 10.1. The molecular formula is C14H16F3NO3. The minimum Gasteiger partial charge on any atom is -0.480 e. The lowest BCUT2D eigenvalue weighted by Gasteiger charge is -2.14. The minimum absolute atomic E-state index is 0.183. The molecule has 1 amide bonds. The quantitative estimate of drug-likeness (QED) is 0.849. The van der Waals surface area contributed by atoms with E-state index in [9.17, 15) is 22.8 Å². The van der Waals surface area contributed by atoms with Crippen molar-refractivity contribution in [2.45, 2.75) is 38.4 Å². The van der Waals surface area contributed by atoms with Gasteiger partial charge in [0.2, 0.25) is 5.91 Å². The molecule has 0 bridgehead atoms. The fourth-order valence-electron chi connectivity index (χ4n) is 1.83. The molecule has 0 aliphatic rings. The van der Waals surface area contributed by atoms with Crippen LogP contribution in [0.2, 0.25) is 0 Å². The molecule has 0 aliphatic heterocycles. The van der Waals surface area contributed by atoms with Crippen molar-refractivity contribution in [1.82, 2.24) is 5.32 Å². The van der Waals surface area contributed by atoms with E-state index in [0.717, 1.165) is 12.1 Å². The first kappa shape index (κ1) is 17.0. The summed E-state index contributed by atoms with van der Waals surface area (Å²) >= 11 is 0. The van der Waals surface area contributed by atoms with Crippen LogP contribution in [0.3, 0.4) is 0 Å². The molecule has 2 N–H and O–H groups in total. The van der Waals surface area contributed by atoms with Crippen LogP contribution in [0.5, 0.6) is 0 Å². The van der Waals surface area contributed by atoms with E-state index in [1.54, 1.807) is 6.92 Å². The highest BCUT2D eigenvalue weighted by atomic mass is 19.4. The van der Waals surface area contributed by atoms with Gasteiger partial charge >= 0.3 is 12.1 Å². The second-order valence-corrected chi connectivity index (χ2v) is 4.62. The Labute approximate surface area is 120 Å². The molecule has 0 spiro atoms. The SMILES string of the molecule is CCCC(NC(=O)Cc1cccc(C(F)(F)F)c1)C(=O)O. The van der Waals surface area contributed by atoms with E-state index in [4.69, 9.17) is 5.11 Å². The largest absolute Gasteiger partial charge is 0.480 e. The molecule has 7 heteroatoms. The van der Waals surface area contributed by atoms with Crippen molar-refractivity contribution >= 4 is 11.9 Å². The number of carboxylic acids is 1. The molecule has 0 heterocycles. The molecule has 0 radical (unpaired) electrons. The van der Waals surface area contributed by atoms with Crippen LogP contribution in [0, 0.1) is 0 Å². The zero-order chi connectivity index (χ0) is 16.0. The van der Waals surface area contributed by atoms with Crippen LogP contribution >= 0.6 is 0 Å². The molecule has 4 nitrogen and oxygen atoms in total. The maximum absolute atomic E-state index is 12.5. The van der Waals surface area contributed by atoms with Crippen molar-refractivity contribution in [3.63, 3.8) is 0 Å². The molecule has 116 valence electrons. The topological polar surface area (TPSA) is 66.4 Å². The van der Waals surface area contributed by atoms with Crippen LogP contribution in [0.4, 0.5) is 13.2 Å². The Bertz CT molecular complexity index is 514. The summed E-state index contributed by atoms with van der Waals surface area (Å²) in [6.45, 7) is 1.77. The second-order valence-electron chi connectivity index (χ2n) is 4.62. The number of nitrogens with one attached hydrogen (secondary N) is 1. The van der Waals surface area contributed by atoms with Gasteiger partial charge in [-0.25, -0.2) is 4.79 Å². The first-order valence-corrected chi connectivity index (χ1v) is 6.42. The van der Waals surface area contributed by atoms with Gasteiger partial charge in [0, 0.05) is 0 Å². The van der Waals surface area contributed by atoms with Gasteiger partial charge in [0.15, 0.2) is 0 Å². The number of carboxylic acid groups (broad SMARTS) is 1. The van der Waals surface area contributed by atoms with Gasteiger partial charge in [-0.15, -0.1) is 0 Å². The van der Waals surface area contributed by atoms with Gasteiger partial charge in [-0.3, -0.25) is 4.79 Å².